The minimum Gasteiger partial charge on any atom is -0.481 e. The van der Waals surface area contributed by atoms with E-state index in [9.17, 15) is 22.8 Å². The van der Waals surface area contributed by atoms with Crippen molar-refractivity contribution < 1.29 is 33.0 Å². The van der Waals surface area contributed by atoms with Gasteiger partial charge in [0.15, 0.2) is 0 Å². The van der Waals surface area contributed by atoms with Crippen LogP contribution in [-0.2, 0) is 19.6 Å². The van der Waals surface area contributed by atoms with Gasteiger partial charge in [-0.25, -0.2) is 13.2 Å². The number of nitrogens with one attached hydrogen (secondary N) is 2. The zero-order valence-electron chi connectivity index (χ0n) is 17.3. The third kappa shape index (κ3) is 8.78. The number of carboxylic acid groups (broad SMARTS) is 2. The molecule has 0 heterocycles. The van der Waals surface area contributed by atoms with Crippen LogP contribution in [0, 0.1) is 5.92 Å². The quantitative estimate of drug-likeness (QED) is 0.386. The number of hydrogen-bond donors (Lipinski definition) is 4. The van der Waals surface area contributed by atoms with Gasteiger partial charge in [0.05, 0.1) is 11.3 Å². The average molecular weight is 444 g/mol. The molecule has 0 aliphatic rings. The summed E-state index contributed by atoms with van der Waals surface area (Å²) in [5.74, 6) is -1.49. The van der Waals surface area contributed by atoms with Crippen molar-refractivity contribution in [3.63, 3.8) is 0 Å². The molecule has 0 spiro atoms. The van der Waals surface area contributed by atoms with Crippen LogP contribution in [0.25, 0.3) is 0 Å². The van der Waals surface area contributed by atoms with Crippen molar-refractivity contribution in [1.29, 1.82) is 0 Å². The standard InChI is InChI=1S/C19H29N3O7S/c1-13(2)12-22(11-10-14(3)20-19(26)27)30(28,29)16-6-4-15(5-7-16)21-17(23)8-9-18(24)25/h4-7,13-14,20H,8-12H2,1-3H3,(H,21,23)(H,24,25)(H,26,27). The van der Waals surface area contributed by atoms with Crippen LogP contribution in [0.5, 0.6) is 0 Å². The Labute approximate surface area is 176 Å². The minimum absolute atomic E-state index is 0.0468. The third-order valence-corrected chi connectivity index (χ3v) is 5.97. The molecule has 168 valence electrons. The largest absolute Gasteiger partial charge is 0.481 e. The Hall–Kier alpha value is -2.66. The molecule has 0 saturated heterocycles. The number of amides is 2. The number of anilines is 1. The Morgan fingerprint density at radius 1 is 1.03 bits per heavy atom. The summed E-state index contributed by atoms with van der Waals surface area (Å²) >= 11 is 0. The summed E-state index contributed by atoms with van der Waals surface area (Å²) in [6.07, 6.45) is -1.32. The van der Waals surface area contributed by atoms with E-state index in [1.807, 2.05) is 13.8 Å². The number of nitrogens with zero attached hydrogens (tertiary/aromatic N) is 1. The average Bonchev–Trinajstić information content (AvgIpc) is 2.63. The van der Waals surface area contributed by atoms with Crippen molar-refractivity contribution >= 4 is 33.7 Å². The number of carbonyl (C=O) groups is 3. The molecular weight excluding hydrogens is 414 g/mol. The van der Waals surface area contributed by atoms with Crippen molar-refractivity contribution in [1.82, 2.24) is 9.62 Å². The molecule has 0 aromatic heterocycles. The summed E-state index contributed by atoms with van der Waals surface area (Å²) in [6, 6.07) is 5.21. The molecule has 30 heavy (non-hydrogen) atoms. The molecule has 1 aromatic rings. The lowest BCUT2D eigenvalue weighted by molar-refractivity contribution is -0.138. The van der Waals surface area contributed by atoms with Crippen LogP contribution < -0.4 is 10.6 Å². The zero-order chi connectivity index (χ0) is 22.9. The summed E-state index contributed by atoms with van der Waals surface area (Å²) in [6.45, 7) is 5.86. The molecule has 4 N–H and O–H groups in total. The first-order valence-electron chi connectivity index (χ1n) is 9.53. The van der Waals surface area contributed by atoms with Crippen LogP contribution in [-0.4, -0.2) is 60.0 Å². The lowest BCUT2D eigenvalue weighted by Crippen LogP contribution is -2.39. The summed E-state index contributed by atoms with van der Waals surface area (Å²) in [7, 11) is -3.82. The predicted molar refractivity (Wildman–Crippen MR) is 111 cm³/mol. The topological polar surface area (TPSA) is 153 Å². The monoisotopic (exact) mass is 443 g/mol. The molecule has 0 aliphatic carbocycles. The number of hydrogen-bond acceptors (Lipinski definition) is 5. The van der Waals surface area contributed by atoms with Crippen molar-refractivity contribution in [3.05, 3.63) is 24.3 Å². The van der Waals surface area contributed by atoms with Gasteiger partial charge in [-0.1, -0.05) is 13.8 Å². The fraction of sp³-hybridized carbons (Fsp3) is 0.526. The molecule has 1 aromatic carbocycles. The highest BCUT2D eigenvalue weighted by atomic mass is 32.2. The first-order chi connectivity index (χ1) is 13.9. The van der Waals surface area contributed by atoms with Crippen LogP contribution >= 0.6 is 0 Å². The molecular formula is C19H29N3O7S. The van der Waals surface area contributed by atoms with Gasteiger partial charge in [-0.05, 0) is 43.5 Å². The first-order valence-corrected chi connectivity index (χ1v) is 11.0. The number of benzene rings is 1. The summed E-state index contributed by atoms with van der Waals surface area (Å²) in [4.78, 5) is 33.0. The lowest BCUT2D eigenvalue weighted by Gasteiger charge is -2.25. The third-order valence-electron chi connectivity index (χ3n) is 4.09. The van der Waals surface area contributed by atoms with E-state index in [1.165, 1.54) is 28.6 Å². The van der Waals surface area contributed by atoms with E-state index < -0.39 is 34.0 Å². The zero-order valence-corrected chi connectivity index (χ0v) is 18.1. The molecule has 0 radical (unpaired) electrons. The van der Waals surface area contributed by atoms with E-state index in [4.69, 9.17) is 10.2 Å². The molecule has 1 unspecified atom stereocenters. The summed E-state index contributed by atoms with van der Waals surface area (Å²) in [5.41, 5.74) is 0.360. The Bertz CT molecular complexity index is 838. The van der Waals surface area contributed by atoms with E-state index >= 15 is 0 Å². The van der Waals surface area contributed by atoms with Gasteiger partial charge in [0.25, 0.3) is 0 Å². The van der Waals surface area contributed by atoms with E-state index in [1.54, 1.807) is 6.92 Å². The van der Waals surface area contributed by atoms with Crippen molar-refractivity contribution in [2.24, 2.45) is 5.92 Å². The van der Waals surface area contributed by atoms with E-state index in [0.29, 0.717) is 12.1 Å². The molecule has 0 bridgehead atoms. The van der Waals surface area contributed by atoms with Gasteiger partial charge in [-0.3, -0.25) is 9.59 Å². The highest BCUT2D eigenvalue weighted by Crippen LogP contribution is 2.20. The van der Waals surface area contributed by atoms with E-state index in [-0.39, 0.29) is 36.7 Å². The molecule has 0 aliphatic heterocycles. The molecule has 0 fully saturated rings. The summed E-state index contributed by atoms with van der Waals surface area (Å²) in [5, 5.41) is 22.2. The molecule has 11 heteroatoms. The van der Waals surface area contributed by atoms with Gasteiger partial charge in [-0.15, -0.1) is 0 Å². The van der Waals surface area contributed by atoms with Gasteiger partial charge in [-0.2, -0.15) is 4.31 Å². The maximum absolute atomic E-state index is 13.1. The van der Waals surface area contributed by atoms with E-state index in [0.717, 1.165) is 0 Å². The normalized spacial score (nSPS) is 12.6. The second kappa shape index (κ2) is 11.5. The fourth-order valence-electron chi connectivity index (χ4n) is 2.64. The van der Waals surface area contributed by atoms with Crippen LogP contribution in [0.3, 0.4) is 0 Å². The predicted octanol–water partition coefficient (Wildman–Crippen LogP) is 2.18. The molecule has 10 nitrogen and oxygen atoms in total. The number of sulfonamides is 1. The highest BCUT2D eigenvalue weighted by Gasteiger charge is 2.25. The minimum atomic E-state index is -3.82. The van der Waals surface area contributed by atoms with Gasteiger partial charge >= 0.3 is 12.1 Å². The number of carboxylic acids is 1. The van der Waals surface area contributed by atoms with Gasteiger partial charge in [0.1, 0.15) is 0 Å². The van der Waals surface area contributed by atoms with Crippen LogP contribution in [0.2, 0.25) is 0 Å². The Morgan fingerprint density at radius 2 is 1.63 bits per heavy atom. The lowest BCUT2D eigenvalue weighted by atomic mass is 10.2. The van der Waals surface area contributed by atoms with Gasteiger partial charge in [0, 0.05) is 31.2 Å². The van der Waals surface area contributed by atoms with Crippen molar-refractivity contribution in [2.45, 2.75) is 51.0 Å². The maximum atomic E-state index is 13.1. The highest BCUT2D eigenvalue weighted by molar-refractivity contribution is 7.89. The Balaban J connectivity index is 2.89. The molecule has 2 amide bonds. The van der Waals surface area contributed by atoms with Crippen molar-refractivity contribution in [3.8, 4) is 0 Å². The van der Waals surface area contributed by atoms with Gasteiger partial charge in [0.2, 0.25) is 15.9 Å². The van der Waals surface area contributed by atoms with Gasteiger partial charge < -0.3 is 20.8 Å². The van der Waals surface area contributed by atoms with Crippen LogP contribution in [0.15, 0.2) is 29.2 Å². The smallest absolute Gasteiger partial charge is 0.404 e. The van der Waals surface area contributed by atoms with E-state index in [2.05, 4.69) is 10.6 Å². The molecule has 0 saturated carbocycles. The number of carbonyl (C=O) groups excluding carboxylic acids is 1. The molecule has 1 rings (SSSR count). The number of aliphatic carboxylic acids is 1. The Morgan fingerprint density at radius 3 is 2.13 bits per heavy atom. The summed E-state index contributed by atoms with van der Waals surface area (Å²) < 4.78 is 27.4. The Kier molecular flexibility index (Phi) is 9.73. The van der Waals surface area contributed by atoms with Crippen LogP contribution in [0.4, 0.5) is 10.5 Å². The second-order valence-electron chi connectivity index (χ2n) is 7.36. The number of rotatable bonds is 12. The van der Waals surface area contributed by atoms with Crippen molar-refractivity contribution in [2.75, 3.05) is 18.4 Å². The SMILES string of the molecule is CC(C)CN(CCC(C)NC(=O)O)S(=O)(=O)c1ccc(NC(=O)CCC(=O)O)cc1. The maximum Gasteiger partial charge on any atom is 0.404 e. The first kappa shape index (κ1) is 25.4. The fourth-order valence-corrected chi connectivity index (χ4v) is 4.26. The molecule has 1 atom stereocenters. The second-order valence-corrected chi connectivity index (χ2v) is 9.30. The van der Waals surface area contributed by atoms with Crippen LogP contribution in [0.1, 0.15) is 40.0 Å².